The molecule has 3 atom stereocenters. The van der Waals surface area contributed by atoms with Crippen molar-refractivity contribution in [3.63, 3.8) is 0 Å². The molecular formula is C45H85NO4. The van der Waals surface area contributed by atoms with Crippen molar-refractivity contribution >= 4 is 5.91 Å². The Hall–Kier alpha value is -1.43. The Balaban J connectivity index is 3.72. The second-order valence-electron chi connectivity index (χ2n) is 14.9. The fourth-order valence-electron chi connectivity index (χ4n) is 6.55. The van der Waals surface area contributed by atoms with Gasteiger partial charge in [0, 0.05) is 0 Å². The molecule has 0 rings (SSSR count). The number of nitrogens with one attached hydrogen (secondary N) is 1. The summed E-state index contributed by atoms with van der Waals surface area (Å²) < 4.78 is 0. The topological polar surface area (TPSA) is 89.8 Å². The van der Waals surface area contributed by atoms with Gasteiger partial charge in [0.15, 0.2) is 0 Å². The summed E-state index contributed by atoms with van der Waals surface area (Å²) in [7, 11) is 0. The summed E-state index contributed by atoms with van der Waals surface area (Å²) in [6.45, 7) is 4.19. The van der Waals surface area contributed by atoms with E-state index in [0.29, 0.717) is 6.42 Å². The standard InChI is InChI=1S/C45H85NO4/c1-3-5-7-9-11-13-15-17-19-21-23-24-26-28-30-32-34-36-38-42(48)40-45(50)46-43(41-47)44(49)39-37-35-33-31-29-27-25-22-20-18-16-14-12-10-8-6-4-2/h20,22,29,31,37,39,42-44,47-49H,3-19,21,23-28,30,32-36,38,40-41H2,1-2H3,(H,46,50)/b22-20+,31-29+,39-37+. The highest BCUT2D eigenvalue weighted by atomic mass is 16.3. The van der Waals surface area contributed by atoms with Crippen molar-refractivity contribution in [1.29, 1.82) is 0 Å². The molecule has 0 radical (unpaired) electrons. The largest absolute Gasteiger partial charge is 0.394 e. The van der Waals surface area contributed by atoms with Crippen molar-refractivity contribution in [3.05, 3.63) is 36.5 Å². The highest BCUT2D eigenvalue weighted by molar-refractivity contribution is 5.76. The lowest BCUT2D eigenvalue weighted by Gasteiger charge is -2.21. The van der Waals surface area contributed by atoms with Crippen molar-refractivity contribution in [2.45, 2.75) is 238 Å². The number of carbonyl (C=O) groups is 1. The van der Waals surface area contributed by atoms with E-state index in [-0.39, 0.29) is 18.9 Å². The molecule has 294 valence electrons. The van der Waals surface area contributed by atoms with Crippen LogP contribution in [0, 0.1) is 0 Å². The molecule has 0 aliphatic rings. The van der Waals surface area contributed by atoms with Gasteiger partial charge in [-0.2, -0.15) is 0 Å². The molecule has 4 N–H and O–H groups in total. The molecule has 0 aromatic heterocycles. The molecule has 0 bridgehead atoms. The van der Waals surface area contributed by atoms with Gasteiger partial charge >= 0.3 is 0 Å². The van der Waals surface area contributed by atoms with Crippen LogP contribution in [0.15, 0.2) is 36.5 Å². The fourth-order valence-corrected chi connectivity index (χ4v) is 6.55. The van der Waals surface area contributed by atoms with Crippen molar-refractivity contribution in [3.8, 4) is 0 Å². The van der Waals surface area contributed by atoms with Gasteiger partial charge in [0.05, 0.1) is 31.3 Å². The van der Waals surface area contributed by atoms with Crippen LogP contribution < -0.4 is 5.32 Å². The Morgan fingerprint density at radius 2 is 0.860 bits per heavy atom. The van der Waals surface area contributed by atoms with E-state index < -0.39 is 18.2 Å². The minimum Gasteiger partial charge on any atom is -0.394 e. The summed E-state index contributed by atoms with van der Waals surface area (Å²) in [6, 6.07) is -0.764. The van der Waals surface area contributed by atoms with E-state index in [1.165, 1.54) is 154 Å². The van der Waals surface area contributed by atoms with Gasteiger partial charge in [-0.25, -0.2) is 0 Å². The normalized spacial score (nSPS) is 13.9. The van der Waals surface area contributed by atoms with Crippen LogP contribution in [-0.4, -0.2) is 46.1 Å². The van der Waals surface area contributed by atoms with Crippen LogP contribution >= 0.6 is 0 Å². The quantitative estimate of drug-likeness (QED) is 0.0379. The van der Waals surface area contributed by atoms with Crippen LogP contribution in [0.5, 0.6) is 0 Å². The van der Waals surface area contributed by atoms with Gasteiger partial charge < -0.3 is 20.6 Å². The lowest BCUT2D eigenvalue weighted by atomic mass is 10.0. The van der Waals surface area contributed by atoms with Crippen molar-refractivity contribution in [2.24, 2.45) is 0 Å². The number of amides is 1. The molecule has 0 aromatic carbocycles. The number of aliphatic hydroxyl groups excluding tert-OH is 3. The van der Waals surface area contributed by atoms with E-state index in [1.54, 1.807) is 6.08 Å². The number of hydrogen-bond acceptors (Lipinski definition) is 4. The van der Waals surface area contributed by atoms with Gasteiger partial charge in [-0.1, -0.05) is 204 Å². The molecule has 0 saturated heterocycles. The van der Waals surface area contributed by atoms with Crippen LogP contribution in [0.2, 0.25) is 0 Å². The highest BCUT2D eigenvalue weighted by Crippen LogP contribution is 2.15. The first-order valence-electron chi connectivity index (χ1n) is 21.8. The van der Waals surface area contributed by atoms with E-state index in [2.05, 4.69) is 43.5 Å². The number of allylic oxidation sites excluding steroid dienone is 5. The number of aliphatic hydroxyl groups is 3. The molecular weight excluding hydrogens is 618 g/mol. The van der Waals surface area contributed by atoms with Crippen LogP contribution in [0.3, 0.4) is 0 Å². The average molecular weight is 704 g/mol. The van der Waals surface area contributed by atoms with Crippen molar-refractivity contribution in [1.82, 2.24) is 5.32 Å². The van der Waals surface area contributed by atoms with Crippen molar-refractivity contribution in [2.75, 3.05) is 6.61 Å². The van der Waals surface area contributed by atoms with Gasteiger partial charge in [0.1, 0.15) is 0 Å². The number of unbranched alkanes of at least 4 members (excludes halogenated alkanes) is 26. The third kappa shape index (κ3) is 36.4. The summed E-state index contributed by atoms with van der Waals surface area (Å²) in [6.07, 6.45) is 50.0. The first kappa shape index (κ1) is 48.6. The zero-order valence-electron chi connectivity index (χ0n) is 33.3. The Morgan fingerprint density at radius 1 is 0.500 bits per heavy atom. The molecule has 0 aliphatic carbocycles. The van der Waals surface area contributed by atoms with E-state index in [4.69, 9.17) is 0 Å². The average Bonchev–Trinajstić information content (AvgIpc) is 3.11. The minimum atomic E-state index is -0.957. The highest BCUT2D eigenvalue weighted by Gasteiger charge is 2.20. The van der Waals surface area contributed by atoms with Gasteiger partial charge in [-0.05, 0) is 44.9 Å². The number of hydrogen-bond donors (Lipinski definition) is 4. The second kappa shape index (κ2) is 40.3. The Bertz CT molecular complexity index is 779. The molecule has 0 aromatic rings. The Kier molecular flexibility index (Phi) is 39.2. The van der Waals surface area contributed by atoms with E-state index in [0.717, 1.165) is 38.5 Å². The predicted molar refractivity (Wildman–Crippen MR) is 218 cm³/mol. The first-order chi connectivity index (χ1) is 24.5. The van der Waals surface area contributed by atoms with E-state index in [9.17, 15) is 20.1 Å². The first-order valence-corrected chi connectivity index (χ1v) is 21.8. The predicted octanol–water partition coefficient (Wildman–Crippen LogP) is 12.4. The summed E-state index contributed by atoms with van der Waals surface area (Å²) in [5, 5.41) is 33.2. The summed E-state index contributed by atoms with van der Waals surface area (Å²) in [5.74, 6) is -0.328. The summed E-state index contributed by atoms with van der Waals surface area (Å²) in [4.78, 5) is 12.4. The maximum absolute atomic E-state index is 12.4. The maximum Gasteiger partial charge on any atom is 0.222 e. The van der Waals surface area contributed by atoms with Crippen LogP contribution in [0.4, 0.5) is 0 Å². The lowest BCUT2D eigenvalue weighted by molar-refractivity contribution is -0.124. The van der Waals surface area contributed by atoms with Gasteiger partial charge in [0.2, 0.25) is 5.91 Å². The molecule has 0 fully saturated rings. The Morgan fingerprint density at radius 3 is 1.28 bits per heavy atom. The third-order valence-corrected chi connectivity index (χ3v) is 9.91. The zero-order chi connectivity index (χ0) is 36.6. The lowest BCUT2D eigenvalue weighted by Crippen LogP contribution is -2.45. The molecule has 3 unspecified atom stereocenters. The minimum absolute atomic E-state index is 0.00496. The van der Waals surface area contributed by atoms with E-state index in [1.807, 2.05) is 6.08 Å². The monoisotopic (exact) mass is 704 g/mol. The summed E-state index contributed by atoms with van der Waals surface area (Å²) in [5.41, 5.74) is 0. The molecule has 5 nitrogen and oxygen atoms in total. The molecule has 5 heteroatoms. The van der Waals surface area contributed by atoms with Crippen LogP contribution in [0.25, 0.3) is 0 Å². The number of rotatable bonds is 39. The molecule has 1 amide bonds. The third-order valence-electron chi connectivity index (χ3n) is 9.91. The molecule has 0 heterocycles. The fraction of sp³-hybridized carbons (Fsp3) is 0.844. The molecule has 50 heavy (non-hydrogen) atoms. The van der Waals surface area contributed by atoms with Gasteiger partial charge in [-0.15, -0.1) is 0 Å². The second-order valence-corrected chi connectivity index (χ2v) is 14.9. The van der Waals surface area contributed by atoms with Crippen LogP contribution in [0.1, 0.15) is 219 Å². The van der Waals surface area contributed by atoms with Crippen molar-refractivity contribution < 1.29 is 20.1 Å². The number of carbonyl (C=O) groups excluding carboxylic acids is 1. The summed E-state index contributed by atoms with van der Waals surface area (Å²) >= 11 is 0. The maximum atomic E-state index is 12.4. The smallest absolute Gasteiger partial charge is 0.222 e. The molecule has 0 aliphatic heterocycles. The molecule has 0 saturated carbocycles. The van der Waals surface area contributed by atoms with E-state index >= 15 is 0 Å². The SMILES string of the molecule is CCCCCCCCC/C=C/CC/C=C/CC/C=C/C(O)C(CO)NC(=O)CC(O)CCCCCCCCCCCCCCCCCCCC. The van der Waals surface area contributed by atoms with Gasteiger partial charge in [0.25, 0.3) is 0 Å². The zero-order valence-corrected chi connectivity index (χ0v) is 33.3. The van der Waals surface area contributed by atoms with Gasteiger partial charge in [-0.3, -0.25) is 4.79 Å². The van der Waals surface area contributed by atoms with Crippen LogP contribution in [-0.2, 0) is 4.79 Å². The molecule has 0 spiro atoms. The Labute approximate surface area is 311 Å².